The molecule has 0 bridgehead atoms. The lowest BCUT2D eigenvalue weighted by Crippen LogP contribution is -2.34. The van der Waals surface area contributed by atoms with Gasteiger partial charge in [0.05, 0.1) is 6.54 Å². The highest BCUT2D eigenvalue weighted by Gasteiger charge is 2.16. The zero-order chi connectivity index (χ0) is 11.4. The normalized spacial score (nSPS) is 16.0. The van der Waals surface area contributed by atoms with Crippen molar-refractivity contribution in [2.45, 2.75) is 32.4 Å². The number of fused-ring (bicyclic) bond motifs is 1. The van der Waals surface area contributed by atoms with Crippen molar-refractivity contribution in [1.29, 1.82) is 0 Å². The van der Waals surface area contributed by atoms with Gasteiger partial charge >= 0.3 is 5.97 Å². The number of carboxylic acid groups (broad SMARTS) is 1. The number of carboxylic acids is 1. The van der Waals surface area contributed by atoms with Crippen LogP contribution in [0.4, 0.5) is 0 Å². The van der Waals surface area contributed by atoms with Crippen molar-refractivity contribution >= 4 is 5.97 Å². The lowest BCUT2D eigenvalue weighted by molar-refractivity contribution is -0.137. The minimum Gasteiger partial charge on any atom is -0.481 e. The summed E-state index contributed by atoms with van der Waals surface area (Å²) in [7, 11) is 0. The van der Waals surface area contributed by atoms with Gasteiger partial charge in [-0.3, -0.25) is 9.69 Å². The monoisotopic (exact) mass is 224 g/mol. The van der Waals surface area contributed by atoms with Gasteiger partial charge in [0.2, 0.25) is 0 Å². The molecule has 6 heteroatoms. The first-order valence-electron chi connectivity index (χ1n) is 5.56. The molecule has 1 N–H and O–H groups in total. The van der Waals surface area contributed by atoms with E-state index in [0.29, 0.717) is 0 Å². The van der Waals surface area contributed by atoms with E-state index in [4.69, 9.17) is 5.11 Å². The summed E-state index contributed by atoms with van der Waals surface area (Å²) in [6.07, 6.45) is 3.71. The lowest BCUT2D eigenvalue weighted by atomic mass is 10.2. The molecule has 1 aliphatic rings. The average molecular weight is 224 g/mol. The summed E-state index contributed by atoms with van der Waals surface area (Å²) in [6.45, 7) is 3.70. The van der Waals surface area contributed by atoms with Gasteiger partial charge in [-0.1, -0.05) is 0 Å². The van der Waals surface area contributed by atoms with Crippen LogP contribution in [0.15, 0.2) is 6.33 Å². The van der Waals surface area contributed by atoms with Crippen molar-refractivity contribution in [2.75, 3.05) is 13.1 Å². The average Bonchev–Trinajstić information content (AvgIpc) is 2.71. The maximum Gasteiger partial charge on any atom is 0.303 e. The Morgan fingerprint density at radius 3 is 3.12 bits per heavy atom. The number of rotatable bonds is 5. The van der Waals surface area contributed by atoms with E-state index in [9.17, 15) is 4.79 Å². The Morgan fingerprint density at radius 1 is 1.44 bits per heavy atom. The van der Waals surface area contributed by atoms with E-state index >= 15 is 0 Å². The Balaban J connectivity index is 1.71. The van der Waals surface area contributed by atoms with Gasteiger partial charge in [0.25, 0.3) is 0 Å². The fraction of sp³-hybridized carbons (Fsp3) is 0.700. The van der Waals surface area contributed by atoms with Crippen molar-refractivity contribution in [3.05, 3.63) is 12.2 Å². The predicted molar refractivity (Wildman–Crippen MR) is 56.8 cm³/mol. The van der Waals surface area contributed by atoms with E-state index in [-0.39, 0.29) is 6.42 Å². The first-order valence-corrected chi connectivity index (χ1v) is 5.56. The molecule has 1 aliphatic heterocycles. The summed E-state index contributed by atoms with van der Waals surface area (Å²) in [4.78, 5) is 12.6. The van der Waals surface area contributed by atoms with Crippen LogP contribution in [0.25, 0.3) is 0 Å². The molecule has 16 heavy (non-hydrogen) atoms. The summed E-state index contributed by atoms with van der Waals surface area (Å²) < 4.78 is 2.06. The molecule has 0 radical (unpaired) electrons. The molecular weight excluding hydrogens is 208 g/mol. The minimum atomic E-state index is -0.710. The zero-order valence-electron chi connectivity index (χ0n) is 9.17. The Morgan fingerprint density at radius 2 is 2.31 bits per heavy atom. The van der Waals surface area contributed by atoms with Crippen molar-refractivity contribution in [3.8, 4) is 0 Å². The molecule has 0 spiro atoms. The topological polar surface area (TPSA) is 71.2 Å². The molecule has 88 valence electrons. The SMILES string of the molecule is O=C(O)CCCCN1CCn2cnnc2C1. The molecule has 0 amide bonds. The number of nitrogens with zero attached hydrogens (tertiary/aromatic N) is 4. The number of carbonyl (C=O) groups is 1. The van der Waals surface area contributed by atoms with Gasteiger partial charge < -0.3 is 9.67 Å². The van der Waals surface area contributed by atoms with E-state index in [1.807, 2.05) is 0 Å². The van der Waals surface area contributed by atoms with Gasteiger partial charge in [-0.15, -0.1) is 10.2 Å². The number of hydrogen-bond donors (Lipinski definition) is 1. The summed E-state index contributed by atoms with van der Waals surface area (Å²) in [6, 6.07) is 0. The van der Waals surface area contributed by atoms with Gasteiger partial charge in [0.15, 0.2) is 0 Å². The van der Waals surface area contributed by atoms with E-state index < -0.39 is 5.97 Å². The molecule has 0 saturated carbocycles. The third kappa shape index (κ3) is 2.79. The van der Waals surface area contributed by atoms with Crippen LogP contribution in [0.3, 0.4) is 0 Å². The number of aromatic nitrogens is 3. The Bertz CT molecular complexity index is 363. The summed E-state index contributed by atoms with van der Waals surface area (Å²) in [5, 5.41) is 16.4. The van der Waals surface area contributed by atoms with E-state index in [2.05, 4.69) is 19.7 Å². The van der Waals surface area contributed by atoms with Crippen LogP contribution < -0.4 is 0 Å². The summed E-state index contributed by atoms with van der Waals surface area (Å²) in [5.74, 6) is 0.294. The highest BCUT2D eigenvalue weighted by molar-refractivity contribution is 5.66. The Hall–Kier alpha value is -1.43. The summed E-state index contributed by atoms with van der Waals surface area (Å²) >= 11 is 0. The molecule has 6 nitrogen and oxygen atoms in total. The van der Waals surface area contributed by atoms with Crippen LogP contribution in [-0.4, -0.2) is 43.8 Å². The van der Waals surface area contributed by atoms with Crippen molar-refractivity contribution in [1.82, 2.24) is 19.7 Å². The molecule has 1 aromatic rings. The quantitative estimate of drug-likeness (QED) is 0.731. The van der Waals surface area contributed by atoms with Gasteiger partial charge in [-0.05, 0) is 19.4 Å². The van der Waals surface area contributed by atoms with E-state index in [1.165, 1.54) is 0 Å². The lowest BCUT2D eigenvalue weighted by Gasteiger charge is -2.26. The minimum absolute atomic E-state index is 0.268. The third-order valence-corrected chi connectivity index (χ3v) is 2.83. The number of aliphatic carboxylic acids is 1. The molecule has 2 heterocycles. The third-order valence-electron chi connectivity index (χ3n) is 2.83. The highest BCUT2D eigenvalue weighted by atomic mass is 16.4. The Kier molecular flexibility index (Phi) is 3.51. The van der Waals surface area contributed by atoms with E-state index in [1.54, 1.807) is 6.33 Å². The van der Waals surface area contributed by atoms with Crippen LogP contribution in [-0.2, 0) is 17.9 Å². The van der Waals surface area contributed by atoms with Crippen LogP contribution in [0, 0.1) is 0 Å². The fourth-order valence-electron chi connectivity index (χ4n) is 1.92. The summed E-state index contributed by atoms with van der Waals surface area (Å²) in [5.41, 5.74) is 0. The van der Waals surface area contributed by atoms with Crippen molar-refractivity contribution in [3.63, 3.8) is 0 Å². The largest absolute Gasteiger partial charge is 0.481 e. The molecule has 0 saturated heterocycles. The van der Waals surface area contributed by atoms with Crippen LogP contribution >= 0.6 is 0 Å². The molecule has 0 fully saturated rings. The maximum atomic E-state index is 10.3. The molecule has 0 unspecified atom stereocenters. The van der Waals surface area contributed by atoms with Crippen LogP contribution in [0.2, 0.25) is 0 Å². The van der Waals surface area contributed by atoms with Crippen molar-refractivity contribution < 1.29 is 9.90 Å². The zero-order valence-corrected chi connectivity index (χ0v) is 9.17. The van der Waals surface area contributed by atoms with Crippen LogP contribution in [0.1, 0.15) is 25.1 Å². The second-order valence-electron chi connectivity index (χ2n) is 4.07. The predicted octanol–water partition coefficient (Wildman–Crippen LogP) is 0.349. The number of unbranched alkanes of at least 4 members (excludes halogenated alkanes) is 1. The molecule has 0 atom stereocenters. The van der Waals surface area contributed by atoms with Gasteiger partial charge in [-0.25, -0.2) is 0 Å². The molecule has 1 aromatic heterocycles. The second kappa shape index (κ2) is 5.07. The number of hydrogen-bond acceptors (Lipinski definition) is 4. The smallest absolute Gasteiger partial charge is 0.303 e. The maximum absolute atomic E-state index is 10.3. The Labute approximate surface area is 93.9 Å². The molecule has 0 aromatic carbocycles. The standard InChI is InChI=1S/C10H16N4O2/c15-10(16)3-1-2-4-13-5-6-14-8-11-12-9(14)7-13/h8H,1-7H2,(H,15,16). The molecule has 0 aliphatic carbocycles. The highest BCUT2D eigenvalue weighted by Crippen LogP contribution is 2.10. The molecule has 2 rings (SSSR count). The first-order chi connectivity index (χ1) is 7.75. The second-order valence-corrected chi connectivity index (χ2v) is 4.07. The van der Waals surface area contributed by atoms with Crippen molar-refractivity contribution in [2.24, 2.45) is 0 Å². The molecular formula is C10H16N4O2. The van der Waals surface area contributed by atoms with Gasteiger partial charge in [-0.2, -0.15) is 0 Å². The fourth-order valence-corrected chi connectivity index (χ4v) is 1.92. The van der Waals surface area contributed by atoms with E-state index in [0.717, 1.165) is 44.8 Å². The van der Waals surface area contributed by atoms with Gasteiger partial charge in [0, 0.05) is 19.5 Å². The van der Waals surface area contributed by atoms with Crippen LogP contribution in [0.5, 0.6) is 0 Å². The van der Waals surface area contributed by atoms with Gasteiger partial charge in [0.1, 0.15) is 12.2 Å². The first kappa shape index (κ1) is 11.1.